The Hall–Kier alpha value is -5.33. The average Bonchev–Trinajstić information content (AvgIpc) is 3.33. The van der Waals surface area contributed by atoms with E-state index in [1.807, 2.05) is 60.0 Å². The van der Waals surface area contributed by atoms with E-state index >= 15 is 0 Å². The van der Waals surface area contributed by atoms with E-state index in [4.69, 9.17) is 9.47 Å². The van der Waals surface area contributed by atoms with Crippen LogP contribution in [-0.4, -0.2) is 113 Å². The summed E-state index contributed by atoms with van der Waals surface area (Å²) in [5, 5.41) is 13.4. The average molecular weight is 727 g/mol. The number of carbonyl (C=O) groups is 4. The maximum absolute atomic E-state index is 14.1. The van der Waals surface area contributed by atoms with Gasteiger partial charge in [0, 0.05) is 70.2 Å². The number of phenolic OH excluding ortho intramolecular Hbond substituents is 1. The fraction of sp³-hybridized carbons (Fsp3) is 0.475. The number of likely N-dealkylation sites (tertiary alicyclic amines) is 1. The van der Waals surface area contributed by atoms with Gasteiger partial charge in [0.15, 0.2) is 6.10 Å². The van der Waals surface area contributed by atoms with Crippen molar-refractivity contribution in [2.45, 2.75) is 65.5 Å². The van der Waals surface area contributed by atoms with Gasteiger partial charge in [-0.1, -0.05) is 44.2 Å². The number of ether oxygens (including phenoxy) is 2. The zero-order chi connectivity index (χ0) is 37.6. The fourth-order valence-corrected chi connectivity index (χ4v) is 7.23. The van der Waals surface area contributed by atoms with Gasteiger partial charge in [0.2, 0.25) is 0 Å². The number of esters is 1. The van der Waals surface area contributed by atoms with Crippen LogP contribution in [0.3, 0.4) is 0 Å². The zero-order valence-corrected chi connectivity index (χ0v) is 31.0. The van der Waals surface area contributed by atoms with Gasteiger partial charge in [-0.05, 0) is 79.5 Å². The van der Waals surface area contributed by atoms with Gasteiger partial charge >= 0.3 is 18.1 Å². The summed E-state index contributed by atoms with van der Waals surface area (Å²) in [5.41, 5.74) is 4.47. The van der Waals surface area contributed by atoms with Crippen molar-refractivity contribution >= 4 is 35.5 Å². The van der Waals surface area contributed by atoms with Crippen molar-refractivity contribution in [1.82, 2.24) is 19.7 Å². The number of piperazine rings is 1. The molecule has 4 heterocycles. The summed E-state index contributed by atoms with van der Waals surface area (Å²) >= 11 is 0. The van der Waals surface area contributed by atoms with Crippen molar-refractivity contribution in [3.63, 3.8) is 0 Å². The third-order valence-electron chi connectivity index (χ3n) is 10.2. The maximum Gasteiger partial charge on any atom is 0.410 e. The molecule has 2 aromatic carbocycles. The number of urea groups is 1. The molecule has 3 aromatic rings. The number of nitrogens with zero attached hydrogens (tertiary/aromatic N) is 5. The van der Waals surface area contributed by atoms with E-state index in [9.17, 15) is 24.3 Å². The second-order valence-corrected chi connectivity index (χ2v) is 14.6. The highest BCUT2D eigenvalue weighted by atomic mass is 16.6. The van der Waals surface area contributed by atoms with E-state index in [1.165, 1.54) is 6.20 Å². The van der Waals surface area contributed by atoms with Gasteiger partial charge in [0.1, 0.15) is 11.6 Å². The van der Waals surface area contributed by atoms with Crippen molar-refractivity contribution in [3.8, 4) is 5.75 Å². The first kappa shape index (κ1) is 37.4. The lowest BCUT2D eigenvalue weighted by Gasteiger charge is -2.39. The Labute approximate surface area is 310 Å². The van der Waals surface area contributed by atoms with Crippen molar-refractivity contribution in [1.29, 1.82) is 0 Å². The Balaban J connectivity index is 1.08. The number of nitrogens with one attached hydrogen (secondary N) is 1. The minimum Gasteiger partial charge on any atom is -0.507 e. The van der Waals surface area contributed by atoms with Crippen molar-refractivity contribution in [2.75, 3.05) is 62.6 Å². The number of amides is 4. The molecule has 1 atom stereocenters. The van der Waals surface area contributed by atoms with Crippen molar-refractivity contribution in [3.05, 3.63) is 82.5 Å². The van der Waals surface area contributed by atoms with Crippen molar-refractivity contribution < 1.29 is 33.8 Å². The molecule has 0 radical (unpaired) electrons. The van der Waals surface area contributed by atoms with Crippen LogP contribution in [0.25, 0.3) is 0 Å². The molecule has 2 N–H and O–H groups in total. The minimum absolute atomic E-state index is 0.0191. The number of carbonyl (C=O) groups excluding carboxylic acids is 4. The number of anilines is 2. The molecule has 0 aliphatic carbocycles. The molecule has 13 heteroatoms. The number of fused-ring (bicyclic) bond motifs is 1. The van der Waals surface area contributed by atoms with Gasteiger partial charge in [-0.15, -0.1) is 0 Å². The molecular weight excluding hydrogens is 676 g/mol. The second kappa shape index (κ2) is 16.6. The Bertz CT molecular complexity index is 1780. The van der Waals surface area contributed by atoms with Gasteiger partial charge in [-0.25, -0.2) is 19.4 Å². The highest BCUT2D eigenvalue weighted by Crippen LogP contribution is 2.27. The Morgan fingerprint density at radius 2 is 1.62 bits per heavy atom. The molecule has 0 saturated carbocycles. The number of hydrogen-bond acceptors (Lipinski definition) is 9. The number of phenols is 1. The Kier molecular flexibility index (Phi) is 11.7. The quantitative estimate of drug-likeness (QED) is 0.286. The first-order valence-electron chi connectivity index (χ1n) is 18.5. The van der Waals surface area contributed by atoms with E-state index in [2.05, 4.69) is 10.3 Å². The van der Waals surface area contributed by atoms with Crippen molar-refractivity contribution in [2.24, 2.45) is 5.92 Å². The molecule has 2 fully saturated rings. The largest absolute Gasteiger partial charge is 0.507 e. The summed E-state index contributed by atoms with van der Waals surface area (Å²) in [4.78, 5) is 64.9. The molecule has 0 spiro atoms. The number of para-hydroxylation sites is 1. The summed E-state index contributed by atoms with van der Waals surface area (Å²) in [6.45, 7) is 11.1. The van der Waals surface area contributed by atoms with Gasteiger partial charge in [0.05, 0.1) is 12.2 Å². The molecular formula is C40H50N6O7. The molecule has 0 bridgehead atoms. The monoisotopic (exact) mass is 726 g/mol. The number of benzene rings is 2. The number of aromatic nitrogens is 1. The lowest BCUT2D eigenvalue weighted by molar-refractivity contribution is -0.141. The van der Waals surface area contributed by atoms with E-state index in [1.54, 1.807) is 35.8 Å². The van der Waals surface area contributed by atoms with Gasteiger partial charge in [-0.2, -0.15) is 0 Å². The smallest absolute Gasteiger partial charge is 0.410 e. The molecule has 6 rings (SSSR count). The zero-order valence-electron chi connectivity index (χ0n) is 31.0. The van der Waals surface area contributed by atoms with E-state index in [-0.39, 0.29) is 36.1 Å². The first-order valence-corrected chi connectivity index (χ1v) is 18.5. The third kappa shape index (κ3) is 9.01. The van der Waals surface area contributed by atoms with E-state index in [0.29, 0.717) is 87.8 Å². The van der Waals surface area contributed by atoms with Crippen LogP contribution in [0.5, 0.6) is 5.75 Å². The van der Waals surface area contributed by atoms with Crippen LogP contribution in [-0.2, 0) is 27.1 Å². The van der Waals surface area contributed by atoms with Crippen LogP contribution in [0.1, 0.15) is 59.3 Å². The standard InChI is InChI=1S/C40H50N6O7/c1-26(2)25-52-38(49)31-9-10-35(41-24-31)43-17-19-44(20-18-43)37(48)34(23-29-21-27(3)36(47)28(4)22-29)53-40(51)45-14-12-32(13-15-45)46-16-11-30-7-5-6-8-33(30)42-39(46)50/h5-10,21-22,24,26,32,34,47H,11-20,23,25H2,1-4H3,(H,42,50)/t34-/m1/s1. The molecule has 3 aliphatic heterocycles. The normalized spacial score (nSPS) is 17.2. The molecule has 2 saturated heterocycles. The minimum atomic E-state index is -1.07. The van der Waals surface area contributed by atoms with E-state index in [0.717, 1.165) is 23.2 Å². The predicted molar refractivity (Wildman–Crippen MR) is 200 cm³/mol. The number of pyridine rings is 1. The van der Waals surface area contributed by atoms with Crippen LogP contribution in [0, 0.1) is 19.8 Å². The number of piperidine rings is 1. The SMILES string of the molecule is Cc1cc(C[C@@H](OC(=O)N2CCC(N3CCc4ccccc4NC3=O)CC2)C(=O)N2CCN(c3ccc(C(=O)OCC(C)C)cn3)CC2)cc(C)c1O. The number of aryl methyl sites for hydroxylation is 2. The molecule has 4 amide bonds. The molecule has 13 nitrogen and oxygen atoms in total. The predicted octanol–water partition coefficient (Wildman–Crippen LogP) is 5.17. The lowest BCUT2D eigenvalue weighted by atomic mass is 10.0. The first-order chi connectivity index (χ1) is 25.5. The van der Waals surface area contributed by atoms with Gasteiger partial charge in [-0.3, -0.25) is 4.79 Å². The Morgan fingerprint density at radius 3 is 2.28 bits per heavy atom. The topological polar surface area (TPSA) is 145 Å². The molecule has 3 aliphatic rings. The highest BCUT2D eigenvalue weighted by Gasteiger charge is 2.35. The van der Waals surface area contributed by atoms with Crippen LogP contribution < -0.4 is 10.2 Å². The van der Waals surface area contributed by atoms with Gasteiger partial charge in [0.25, 0.3) is 5.91 Å². The second-order valence-electron chi connectivity index (χ2n) is 14.6. The molecule has 53 heavy (non-hydrogen) atoms. The van der Waals surface area contributed by atoms with E-state index < -0.39 is 18.2 Å². The summed E-state index contributed by atoms with van der Waals surface area (Å²) in [7, 11) is 0. The lowest BCUT2D eigenvalue weighted by Crippen LogP contribution is -2.54. The van der Waals surface area contributed by atoms with Crippen LogP contribution in [0.2, 0.25) is 0 Å². The molecule has 0 unspecified atom stereocenters. The summed E-state index contributed by atoms with van der Waals surface area (Å²) < 4.78 is 11.3. The van der Waals surface area contributed by atoms with Crippen LogP contribution in [0.15, 0.2) is 54.7 Å². The number of rotatable bonds is 9. The summed E-state index contributed by atoms with van der Waals surface area (Å²) in [6.07, 6.45) is 2.00. The number of hydrogen-bond donors (Lipinski definition) is 2. The Morgan fingerprint density at radius 1 is 0.925 bits per heavy atom. The van der Waals surface area contributed by atoms with Crippen LogP contribution >= 0.6 is 0 Å². The maximum atomic E-state index is 14.1. The molecule has 282 valence electrons. The van der Waals surface area contributed by atoms with Crippen LogP contribution in [0.4, 0.5) is 21.1 Å². The highest BCUT2D eigenvalue weighted by molar-refractivity contribution is 5.91. The summed E-state index contributed by atoms with van der Waals surface area (Å²) in [6, 6.07) is 14.8. The van der Waals surface area contributed by atoms with Gasteiger partial charge < -0.3 is 39.5 Å². The third-order valence-corrected chi connectivity index (χ3v) is 10.2. The molecule has 1 aromatic heterocycles. The summed E-state index contributed by atoms with van der Waals surface area (Å²) in [5.74, 6) is 0.437. The fourth-order valence-electron chi connectivity index (χ4n) is 7.23. The number of aromatic hydroxyl groups is 1.